The van der Waals surface area contributed by atoms with Crippen molar-refractivity contribution in [1.29, 1.82) is 5.41 Å². The molecule has 2 rings (SSSR count). The van der Waals surface area contributed by atoms with Crippen molar-refractivity contribution < 1.29 is 9.15 Å². The normalized spacial score (nSPS) is 10.9. The van der Waals surface area contributed by atoms with Gasteiger partial charge in [-0.3, -0.25) is 9.98 Å². The summed E-state index contributed by atoms with van der Waals surface area (Å²) in [5.41, 5.74) is 1.12. The average Bonchev–Trinajstić information content (AvgIpc) is 2.77. The predicted molar refractivity (Wildman–Crippen MR) is 61.7 cm³/mol. The van der Waals surface area contributed by atoms with E-state index in [0.29, 0.717) is 35.9 Å². The van der Waals surface area contributed by atoms with E-state index in [9.17, 15) is 0 Å². The summed E-state index contributed by atoms with van der Waals surface area (Å²) in [6, 6.07) is 0.426. The maximum Gasteiger partial charge on any atom is 0.301 e. The van der Waals surface area contributed by atoms with Crippen LogP contribution >= 0.6 is 0 Å². The van der Waals surface area contributed by atoms with Gasteiger partial charge in [-0.05, 0) is 13.3 Å². The fraction of sp³-hybridized carbons (Fsp3) is 0.545. The summed E-state index contributed by atoms with van der Waals surface area (Å²) >= 11 is 0. The molecule has 0 aromatic carbocycles. The molecule has 0 fully saturated rings. The smallest absolute Gasteiger partial charge is 0.301 e. The zero-order valence-electron chi connectivity index (χ0n) is 10.1. The monoisotopic (exact) mass is 236 g/mol. The summed E-state index contributed by atoms with van der Waals surface area (Å²) in [4.78, 5) is 8.23. The topological polar surface area (TPSA) is 76.9 Å². The number of ether oxygens (including phenoxy) is 1. The minimum Gasteiger partial charge on any atom is -0.465 e. The van der Waals surface area contributed by atoms with Gasteiger partial charge in [-0.2, -0.15) is 4.98 Å². The molecule has 0 spiro atoms. The molecular formula is C11H16N4O2. The van der Waals surface area contributed by atoms with E-state index in [2.05, 4.69) is 16.9 Å². The third-order valence-electron chi connectivity index (χ3n) is 2.48. The number of aromatic nitrogens is 3. The third kappa shape index (κ3) is 2.15. The minimum absolute atomic E-state index is 0.292. The first-order valence-electron chi connectivity index (χ1n) is 5.79. The molecule has 0 amide bonds. The quantitative estimate of drug-likeness (QED) is 0.857. The Hall–Kier alpha value is -1.85. The highest BCUT2D eigenvalue weighted by atomic mass is 16.5. The lowest BCUT2D eigenvalue weighted by atomic mass is 10.3. The molecule has 0 saturated carbocycles. The van der Waals surface area contributed by atoms with Gasteiger partial charge in [0.25, 0.3) is 5.71 Å². The van der Waals surface area contributed by atoms with E-state index in [0.717, 1.165) is 12.8 Å². The Balaban J connectivity index is 2.54. The summed E-state index contributed by atoms with van der Waals surface area (Å²) in [7, 11) is 0. The van der Waals surface area contributed by atoms with E-state index >= 15 is 0 Å². The molecule has 0 aliphatic rings. The Bertz CT molecular complexity index is 558. The van der Waals surface area contributed by atoms with Crippen LogP contribution in [0.1, 0.15) is 26.7 Å². The molecule has 0 atom stereocenters. The fourth-order valence-corrected chi connectivity index (χ4v) is 1.62. The van der Waals surface area contributed by atoms with Crippen LogP contribution in [0.15, 0.2) is 10.8 Å². The van der Waals surface area contributed by atoms with Crippen LogP contribution in [-0.4, -0.2) is 21.1 Å². The van der Waals surface area contributed by atoms with Crippen LogP contribution in [0.2, 0.25) is 0 Å². The number of unbranched alkanes of at least 4 members (excludes halogenated alkanes) is 1. The van der Waals surface area contributed by atoms with Crippen molar-refractivity contribution in [3.8, 4) is 6.01 Å². The van der Waals surface area contributed by atoms with Gasteiger partial charge in [0.1, 0.15) is 0 Å². The van der Waals surface area contributed by atoms with Gasteiger partial charge in [0, 0.05) is 6.54 Å². The first-order valence-corrected chi connectivity index (χ1v) is 5.79. The number of nitrogens with zero attached hydrogens (tertiary/aromatic N) is 3. The molecule has 6 nitrogen and oxygen atoms in total. The van der Waals surface area contributed by atoms with Crippen LogP contribution in [-0.2, 0) is 6.54 Å². The van der Waals surface area contributed by atoms with E-state index in [1.807, 2.05) is 6.92 Å². The Kier molecular flexibility index (Phi) is 3.41. The standard InChI is InChI=1S/C11H16N4O2/c1-3-5-6-15-9(12)8-10(17-7-13-8)14-11(15)16-4-2/h7,12H,3-6H2,1-2H3. The summed E-state index contributed by atoms with van der Waals surface area (Å²) in [6.45, 7) is 5.21. The van der Waals surface area contributed by atoms with Gasteiger partial charge in [-0.25, -0.2) is 4.98 Å². The van der Waals surface area contributed by atoms with Crippen LogP contribution in [0.4, 0.5) is 0 Å². The summed E-state index contributed by atoms with van der Waals surface area (Å²) in [6.07, 6.45) is 3.33. The molecule has 1 N–H and O–H groups in total. The van der Waals surface area contributed by atoms with Gasteiger partial charge >= 0.3 is 6.01 Å². The number of nitrogens with one attached hydrogen (secondary N) is 1. The van der Waals surface area contributed by atoms with Crippen LogP contribution < -0.4 is 10.2 Å². The summed E-state index contributed by atoms with van der Waals surface area (Å²) in [5.74, 6) is 0. The maximum absolute atomic E-state index is 8.07. The first kappa shape index (κ1) is 11.6. The first-order chi connectivity index (χ1) is 8.27. The molecule has 0 unspecified atom stereocenters. The number of fused-ring (bicyclic) bond motifs is 1. The van der Waals surface area contributed by atoms with E-state index in [1.54, 1.807) is 4.57 Å². The molecule has 2 aromatic heterocycles. The van der Waals surface area contributed by atoms with E-state index in [-0.39, 0.29) is 0 Å². The highest BCUT2D eigenvalue weighted by Crippen LogP contribution is 2.12. The minimum atomic E-state index is 0.292. The SMILES string of the molecule is CCCCn1c(OCC)nc2ocnc2c1=N. The maximum atomic E-state index is 8.07. The van der Waals surface area contributed by atoms with Gasteiger partial charge in [0.15, 0.2) is 17.4 Å². The second-order valence-electron chi connectivity index (χ2n) is 3.69. The molecule has 0 aliphatic carbocycles. The zero-order valence-corrected chi connectivity index (χ0v) is 10.1. The van der Waals surface area contributed by atoms with E-state index < -0.39 is 0 Å². The van der Waals surface area contributed by atoms with Gasteiger partial charge in [0.2, 0.25) is 0 Å². The molecule has 2 heterocycles. The summed E-state index contributed by atoms with van der Waals surface area (Å²) in [5, 5.41) is 8.07. The average molecular weight is 236 g/mol. The molecule has 0 saturated heterocycles. The van der Waals surface area contributed by atoms with Gasteiger partial charge in [-0.1, -0.05) is 13.3 Å². The van der Waals surface area contributed by atoms with Crippen molar-refractivity contribution in [3.63, 3.8) is 0 Å². The van der Waals surface area contributed by atoms with Crippen LogP contribution in [0.5, 0.6) is 6.01 Å². The van der Waals surface area contributed by atoms with E-state index in [1.165, 1.54) is 6.39 Å². The number of oxazole rings is 1. The number of hydrogen-bond donors (Lipinski definition) is 1. The van der Waals surface area contributed by atoms with Gasteiger partial charge in [0.05, 0.1) is 6.61 Å². The lowest BCUT2D eigenvalue weighted by Gasteiger charge is -2.11. The van der Waals surface area contributed by atoms with Crippen molar-refractivity contribution >= 4 is 11.2 Å². The van der Waals surface area contributed by atoms with Crippen molar-refractivity contribution in [3.05, 3.63) is 11.9 Å². The molecular weight excluding hydrogens is 220 g/mol. The highest BCUT2D eigenvalue weighted by Gasteiger charge is 2.12. The van der Waals surface area contributed by atoms with Gasteiger partial charge < -0.3 is 9.15 Å². The van der Waals surface area contributed by atoms with E-state index in [4.69, 9.17) is 14.6 Å². The second-order valence-corrected chi connectivity index (χ2v) is 3.69. The number of rotatable bonds is 5. The molecule has 6 heteroatoms. The van der Waals surface area contributed by atoms with Crippen LogP contribution in [0.25, 0.3) is 11.2 Å². The number of hydrogen-bond acceptors (Lipinski definition) is 5. The predicted octanol–water partition coefficient (Wildman–Crippen LogP) is 1.70. The lowest BCUT2D eigenvalue weighted by Crippen LogP contribution is -2.24. The van der Waals surface area contributed by atoms with Crippen molar-refractivity contribution in [1.82, 2.24) is 14.5 Å². The molecule has 0 bridgehead atoms. The zero-order chi connectivity index (χ0) is 12.3. The Morgan fingerprint density at radius 2 is 2.29 bits per heavy atom. The Labute approximate surface area is 98.8 Å². The lowest BCUT2D eigenvalue weighted by molar-refractivity contribution is 0.286. The second kappa shape index (κ2) is 4.99. The molecule has 2 aromatic rings. The van der Waals surface area contributed by atoms with Crippen molar-refractivity contribution in [2.24, 2.45) is 0 Å². The van der Waals surface area contributed by atoms with Crippen LogP contribution in [0.3, 0.4) is 0 Å². The van der Waals surface area contributed by atoms with Crippen molar-refractivity contribution in [2.75, 3.05) is 6.61 Å². The Morgan fingerprint density at radius 1 is 1.47 bits per heavy atom. The highest BCUT2D eigenvalue weighted by molar-refractivity contribution is 5.65. The Morgan fingerprint density at radius 3 is 3.00 bits per heavy atom. The summed E-state index contributed by atoms with van der Waals surface area (Å²) < 4.78 is 12.3. The van der Waals surface area contributed by atoms with Crippen molar-refractivity contribution in [2.45, 2.75) is 33.2 Å². The molecule has 0 radical (unpaired) electrons. The fourth-order valence-electron chi connectivity index (χ4n) is 1.62. The largest absolute Gasteiger partial charge is 0.465 e. The van der Waals surface area contributed by atoms with Crippen LogP contribution in [0, 0.1) is 5.41 Å². The molecule has 17 heavy (non-hydrogen) atoms. The molecule has 0 aliphatic heterocycles. The van der Waals surface area contributed by atoms with Gasteiger partial charge in [-0.15, -0.1) is 0 Å². The molecule has 92 valence electrons. The third-order valence-corrected chi connectivity index (χ3v) is 2.48.